The second-order valence-corrected chi connectivity index (χ2v) is 5.61. The predicted molar refractivity (Wildman–Crippen MR) is 79.5 cm³/mol. The summed E-state index contributed by atoms with van der Waals surface area (Å²) in [4.78, 5) is 18.5. The maximum atomic E-state index is 12.3. The largest absolute Gasteiger partial charge is 0.393 e. The highest BCUT2D eigenvalue weighted by atomic mass is 79.9. The Labute approximate surface area is 121 Å². The minimum Gasteiger partial charge on any atom is -0.393 e. The molecule has 0 aliphatic rings. The first-order chi connectivity index (χ1) is 8.41. The zero-order valence-corrected chi connectivity index (χ0v) is 12.8. The molecule has 0 aliphatic carbocycles. The summed E-state index contributed by atoms with van der Waals surface area (Å²) < 4.78 is 0.846. The molecule has 0 unspecified atom stereocenters. The zero-order valence-electron chi connectivity index (χ0n) is 10.4. The Hall–Kier alpha value is -1.01. The Bertz CT molecular complexity index is 433. The molecule has 6 heteroatoms. The van der Waals surface area contributed by atoms with Gasteiger partial charge in [-0.3, -0.25) is 4.79 Å². The third-order valence-corrected chi connectivity index (χ3v) is 3.10. The van der Waals surface area contributed by atoms with E-state index in [1.165, 1.54) is 0 Å². The van der Waals surface area contributed by atoms with E-state index in [-0.39, 0.29) is 11.9 Å². The maximum absolute atomic E-state index is 12.3. The molecule has 4 nitrogen and oxygen atoms in total. The molecule has 98 valence electrons. The molecule has 0 atom stereocenters. The van der Waals surface area contributed by atoms with Crippen LogP contribution in [0.3, 0.4) is 0 Å². The van der Waals surface area contributed by atoms with Crippen LogP contribution in [0.2, 0.25) is 0 Å². The molecule has 1 amide bonds. The zero-order chi connectivity index (χ0) is 13.7. The molecule has 0 saturated heterocycles. The number of carbonyl (C=O) groups excluding carboxylic acids is 1. The average Bonchev–Trinajstić information content (AvgIpc) is 2.29. The van der Waals surface area contributed by atoms with Crippen molar-refractivity contribution in [1.29, 1.82) is 0 Å². The number of rotatable bonds is 5. The van der Waals surface area contributed by atoms with Crippen molar-refractivity contribution in [2.75, 3.05) is 6.54 Å². The van der Waals surface area contributed by atoms with Crippen LogP contribution in [-0.4, -0.2) is 33.4 Å². The molecule has 1 aromatic heterocycles. The van der Waals surface area contributed by atoms with Gasteiger partial charge in [0.2, 0.25) is 0 Å². The minimum absolute atomic E-state index is 0.0808. The molecule has 0 aromatic carbocycles. The van der Waals surface area contributed by atoms with E-state index in [1.807, 2.05) is 13.8 Å². The van der Waals surface area contributed by atoms with Crippen LogP contribution in [0.4, 0.5) is 0 Å². The lowest BCUT2D eigenvalue weighted by Crippen LogP contribution is -2.39. The van der Waals surface area contributed by atoms with Crippen LogP contribution >= 0.6 is 28.1 Å². The lowest BCUT2D eigenvalue weighted by atomic mass is 10.2. The van der Waals surface area contributed by atoms with E-state index in [0.29, 0.717) is 23.6 Å². The van der Waals surface area contributed by atoms with Crippen LogP contribution in [0, 0.1) is 0 Å². The first-order valence-electron chi connectivity index (χ1n) is 5.62. The Morgan fingerprint density at radius 3 is 2.67 bits per heavy atom. The van der Waals surface area contributed by atoms with E-state index in [1.54, 1.807) is 23.2 Å². The molecular weight excluding hydrogens is 314 g/mol. The van der Waals surface area contributed by atoms with Gasteiger partial charge in [0.1, 0.15) is 5.69 Å². The smallest absolute Gasteiger partial charge is 0.272 e. The van der Waals surface area contributed by atoms with E-state index >= 15 is 0 Å². The van der Waals surface area contributed by atoms with Gasteiger partial charge in [0.05, 0.1) is 4.99 Å². The molecule has 0 radical (unpaired) electrons. The van der Waals surface area contributed by atoms with E-state index in [9.17, 15) is 4.79 Å². The quantitative estimate of drug-likeness (QED) is 0.842. The first-order valence-corrected chi connectivity index (χ1v) is 6.82. The number of nitrogens with zero attached hydrogens (tertiary/aromatic N) is 2. The molecular formula is C12H16BrN3OS. The number of halogens is 1. The third kappa shape index (κ3) is 4.34. The van der Waals surface area contributed by atoms with Crippen molar-refractivity contribution >= 4 is 39.0 Å². The van der Waals surface area contributed by atoms with E-state index in [2.05, 4.69) is 20.9 Å². The number of hydrogen-bond acceptors (Lipinski definition) is 3. The molecule has 0 bridgehead atoms. The molecule has 18 heavy (non-hydrogen) atoms. The lowest BCUT2D eigenvalue weighted by molar-refractivity contribution is 0.0705. The van der Waals surface area contributed by atoms with E-state index in [0.717, 1.165) is 4.47 Å². The van der Waals surface area contributed by atoms with Crippen molar-refractivity contribution in [2.24, 2.45) is 5.73 Å². The third-order valence-electron chi connectivity index (χ3n) is 2.43. The molecule has 2 N–H and O–H groups in total. The highest BCUT2D eigenvalue weighted by Crippen LogP contribution is 2.11. The number of aromatic nitrogens is 1. The predicted octanol–water partition coefficient (Wildman–Crippen LogP) is 2.37. The maximum Gasteiger partial charge on any atom is 0.272 e. The highest BCUT2D eigenvalue weighted by molar-refractivity contribution is 9.10. The van der Waals surface area contributed by atoms with Crippen molar-refractivity contribution < 1.29 is 4.79 Å². The van der Waals surface area contributed by atoms with Crippen molar-refractivity contribution in [3.63, 3.8) is 0 Å². The summed E-state index contributed by atoms with van der Waals surface area (Å²) in [7, 11) is 0. The van der Waals surface area contributed by atoms with Gasteiger partial charge in [-0.15, -0.1) is 0 Å². The Morgan fingerprint density at radius 2 is 2.22 bits per heavy atom. The van der Waals surface area contributed by atoms with E-state index in [4.69, 9.17) is 18.0 Å². The van der Waals surface area contributed by atoms with Crippen LogP contribution in [0.1, 0.15) is 30.8 Å². The molecule has 1 aromatic rings. The number of nitrogens with two attached hydrogens (primary N) is 1. The number of thiocarbonyl (C=S) groups is 1. The number of amides is 1. The second kappa shape index (κ2) is 6.80. The normalized spacial score (nSPS) is 10.4. The number of hydrogen-bond donors (Lipinski definition) is 1. The molecule has 0 spiro atoms. The van der Waals surface area contributed by atoms with Crippen LogP contribution in [0.5, 0.6) is 0 Å². The summed E-state index contributed by atoms with van der Waals surface area (Å²) >= 11 is 8.13. The monoisotopic (exact) mass is 329 g/mol. The van der Waals surface area contributed by atoms with Crippen molar-refractivity contribution in [1.82, 2.24) is 9.88 Å². The minimum atomic E-state index is -0.103. The molecule has 1 heterocycles. The summed E-state index contributed by atoms with van der Waals surface area (Å²) in [5, 5.41) is 0. The SMILES string of the molecule is CC(C)N(CCC(N)=S)C(=O)c1ccc(Br)cn1. The Morgan fingerprint density at radius 1 is 1.56 bits per heavy atom. The van der Waals surface area contributed by atoms with Gasteiger partial charge in [0, 0.05) is 29.7 Å². The second-order valence-electron chi connectivity index (χ2n) is 4.17. The Balaban J connectivity index is 2.82. The Kier molecular flexibility index (Phi) is 5.68. The van der Waals surface area contributed by atoms with Gasteiger partial charge in [-0.2, -0.15) is 0 Å². The number of carbonyl (C=O) groups is 1. The standard InChI is InChI=1S/C12H16BrN3OS/c1-8(2)16(6-5-11(14)18)12(17)10-4-3-9(13)7-15-10/h3-4,7-8H,5-6H2,1-2H3,(H2,14,18). The molecule has 1 rings (SSSR count). The fourth-order valence-corrected chi connectivity index (χ4v) is 1.80. The van der Waals surface area contributed by atoms with Crippen LogP contribution < -0.4 is 5.73 Å². The summed E-state index contributed by atoms with van der Waals surface area (Å²) in [6, 6.07) is 3.58. The lowest BCUT2D eigenvalue weighted by Gasteiger charge is -2.26. The van der Waals surface area contributed by atoms with Gasteiger partial charge in [-0.05, 0) is 41.9 Å². The summed E-state index contributed by atoms with van der Waals surface area (Å²) in [5.41, 5.74) is 5.90. The van der Waals surface area contributed by atoms with Gasteiger partial charge in [-0.25, -0.2) is 4.98 Å². The fourth-order valence-electron chi connectivity index (χ4n) is 1.47. The average molecular weight is 330 g/mol. The van der Waals surface area contributed by atoms with Gasteiger partial charge in [0.15, 0.2) is 0 Å². The fraction of sp³-hybridized carbons (Fsp3) is 0.417. The molecule has 0 saturated carbocycles. The van der Waals surface area contributed by atoms with Gasteiger partial charge in [0.25, 0.3) is 5.91 Å². The van der Waals surface area contributed by atoms with Crippen LogP contribution in [0.25, 0.3) is 0 Å². The van der Waals surface area contributed by atoms with Gasteiger partial charge in [-0.1, -0.05) is 12.2 Å². The van der Waals surface area contributed by atoms with Crippen molar-refractivity contribution in [2.45, 2.75) is 26.3 Å². The van der Waals surface area contributed by atoms with Gasteiger partial charge < -0.3 is 10.6 Å². The van der Waals surface area contributed by atoms with Crippen molar-refractivity contribution in [3.05, 3.63) is 28.5 Å². The summed E-state index contributed by atoms with van der Waals surface area (Å²) in [6.07, 6.45) is 2.13. The highest BCUT2D eigenvalue weighted by Gasteiger charge is 2.19. The molecule has 0 fully saturated rings. The molecule has 0 aliphatic heterocycles. The number of pyridine rings is 1. The summed E-state index contributed by atoms with van der Waals surface area (Å²) in [5.74, 6) is -0.103. The van der Waals surface area contributed by atoms with Crippen molar-refractivity contribution in [3.8, 4) is 0 Å². The topological polar surface area (TPSA) is 59.2 Å². The van der Waals surface area contributed by atoms with Crippen LogP contribution in [0.15, 0.2) is 22.8 Å². The van der Waals surface area contributed by atoms with Gasteiger partial charge >= 0.3 is 0 Å². The first kappa shape index (κ1) is 15.0. The van der Waals surface area contributed by atoms with Crippen LogP contribution in [-0.2, 0) is 0 Å². The summed E-state index contributed by atoms with van der Waals surface area (Å²) in [6.45, 7) is 4.43. The van der Waals surface area contributed by atoms with E-state index < -0.39 is 0 Å².